The van der Waals surface area contributed by atoms with E-state index in [0.29, 0.717) is 19.0 Å². The highest BCUT2D eigenvalue weighted by Gasteiger charge is 2.24. The van der Waals surface area contributed by atoms with Gasteiger partial charge in [0.25, 0.3) is 5.91 Å². The van der Waals surface area contributed by atoms with Crippen molar-refractivity contribution in [3.05, 3.63) is 11.8 Å². The first-order valence-electron chi connectivity index (χ1n) is 5.35. The van der Waals surface area contributed by atoms with E-state index in [2.05, 4.69) is 10.4 Å². The minimum atomic E-state index is -0.340. The fourth-order valence-electron chi connectivity index (χ4n) is 1.77. The minimum Gasteiger partial charge on any atom is -0.368 e. The van der Waals surface area contributed by atoms with E-state index in [4.69, 9.17) is 10.5 Å². The number of aromatic nitrogens is 2. The number of anilines is 1. The van der Waals surface area contributed by atoms with Crippen LogP contribution in [0.1, 0.15) is 18.4 Å². The average molecular weight is 224 g/mol. The monoisotopic (exact) mass is 224 g/mol. The fraction of sp³-hybridized carbons (Fsp3) is 0.600. The van der Waals surface area contributed by atoms with Crippen LogP contribution < -0.4 is 11.1 Å². The molecule has 88 valence electrons. The highest BCUT2D eigenvalue weighted by molar-refractivity contribution is 5.94. The summed E-state index contributed by atoms with van der Waals surface area (Å²) in [5.74, 6) is 0.399. The zero-order valence-corrected chi connectivity index (χ0v) is 9.27. The molecular weight excluding hydrogens is 208 g/mol. The number of nitrogens with one attached hydrogen (secondary N) is 1. The molecule has 1 atom stereocenters. The second kappa shape index (κ2) is 4.63. The molecular formula is C10H16N4O2. The molecule has 1 fully saturated rings. The van der Waals surface area contributed by atoms with Crippen LogP contribution in [-0.2, 0) is 23.1 Å². The highest BCUT2D eigenvalue weighted by atomic mass is 16.5. The van der Waals surface area contributed by atoms with Crippen molar-refractivity contribution in [3.8, 4) is 0 Å². The smallest absolute Gasteiger partial charge is 0.254 e. The van der Waals surface area contributed by atoms with Gasteiger partial charge in [-0.15, -0.1) is 0 Å². The topological polar surface area (TPSA) is 82.2 Å². The summed E-state index contributed by atoms with van der Waals surface area (Å²) in [5, 5.41) is 6.89. The molecule has 1 aromatic rings. The Morgan fingerprint density at radius 2 is 2.62 bits per heavy atom. The first kappa shape index (κ1) is 11.1. The van der Waals surface area contributed by atoms with Crippen LogP contribution in [0.5, 0.6) is 0 Å². The van der Waals surface area contributed by atoms with E-state index >= 15 is 0 Å². The van der Waals surface area contributed by atoms with Crippen LogP contribution in [0.3, 0.4) is 0 Å². The van der Waals surface area contributed by atoms with Gasteiger partial charge in [-0.3, -0.25) is 9.48 Å². The van der Waals surface area contributed by atoms with Crippen LogP contribution in [0.2, 0.25) is 0 Å². The van der Waals surface area contributed by atoms with Crippen molar-refractivity contribution in [1.82, 2.24) is 9.78 Å². The Bertz CT molecular complexity index is 382. The normalized spacial score (nSPS) is 20.0. The van der Waals surface area contributed by atoms with Crippen molar-refractivity contribution in [1.29, 1.82) is 0 Å². The van der Waals surface area contributed by atoms with Gasteiger partial charge in [0, 0.05) is 32.0 Å². The summed E-state index contributed by atoms with van der Waals surface area (Å²) in [5.41, 5.74) is 6.38. The second-order valence-corrected chi connectivity index (χ2v) is 3.87. The number of aryl methyl sites for hydroxylation is 1. The van der Waals surface area contributed by atoms with Gasteiger partial charge in [-0.25, -0.2) is 0 Å². The fourth-order valence-corrected chi connectivity index (χ4v) is 1.77. The Balaban J connectivity index is 2.04. The number of rotatable bonds is 3. The Morgan fingerprint density at radius 1 is 1.81 bits per heavy atom. The Labute approximate surface area is 93.8 Å². The van der Waals surface area contributed by atoms with Gasteiger partial charge in [0.2, 0.25) is 0 Å². The van der Waals surface area contributed by atoms with Crippen molar-refractivity contribution in [3.63, 3.8) is 0 Å². The lowest BCUT2D eigenvalue weighted by Gasteiger charge is -2.09. The van der Waals surface area contributed by atoms with E-state index in [9.17, 15) is 4.79 Å². The minimum absolute atomic E-state index is 0.133. The standard InChI is InChI=1S/C10H16N4O2/c1-14-6-7(5-11)9(13-14)12-10(15)8-3-2-4-16-8/h6,8H,2-5,11H2,1H3,(H,12,13,15). The molecule has 1 saturated heterocycles. The van der Waals surface area contributed by atoms with Gasteiger partial charge in [0.15, 0.2) is 5.82 Å². The maximum Gasteiger partial charge on any atom is 0.254 e. The molecule has 0 bridgehead atoms. The van der Waals surface area contributed by atoms with Crippen LogP contribution in [-0.4, -0.2) is 28.4 Å². The van der Waals surface area contributed by atoms with Crippen molar-refractivity contribution in [2.45, 2.75) is 25.5 Å². The van der Waals surface area contributed by atoms with Crippen molar-refractivity contribution >= 4 is 11.7 Å². The van der Waals surface area contributed by atoms with Crippen LogP contribution >= 0.6 is 0 Å². The number of hydrogen-bond donors (Lipinski definition) is 2. The summed E-state index contributed by atoms with van der Waals surface area (Å²) in [7, 11) is 1.79. The number of ether oxygens (including phenoxy) is 1. The second-order valence-electron chi connectivity index (χ2n) is 3.87. The molecule has 0 aliphatic carbocycles. The predicted octanol–water partition coefficient (Wildman–Crippen LogP) is -0.00370. The molecule has 1 aliphatic heterocycles. The van der Waals surface area contributed by atoms with E-state index in [1.54, 1.807) is 17.9 Å². The molecule has 2 heterocycles. The van der Waals surface area contributed by atoms with Gasteiger partial charge in [-0.2, -0.15) is 5.10 Å². The van der Waals surface area contributed by atoms with Gasteiger partial charge in [-0.1, -0.05) is 0 Å². The number of amides is 1. The highest BCUT2D eigenvalue weighted by Crippen LogP contribution is 2.16. The maximum atomic E-state index is 11.8. The summed E-state index contributed by atoms with van der Waals surface area (Å²) in [6.45, 7) is 1.01. The molecule has 1 unspecified atom stereocenters. The average Bonchev–Trinajstić information content (AvgIpc) is 2.87. The molecule has 0 aromatic carbocycles. The first-order chi connectivity index (χ1) is 7.70. The van der Waals surface area contributed by atoms with E-state index in [-0.39, 0.29) is 12.0 Å². The van der Waals surface area contributed by atoms with Gasteiger partial charge >= 0.3 is 0 Å². The molecule has 6 heteroatoms. The van der Waals surface area contributed by atoms with Gasteiger partial charge in [0.1, 0.15) is 6.10 Å². The third-order valence-corrected chi connectivity index (χ3v) is 2.59. The lowest BCUT2D eigenvalue weighted by Crippen LogP contribution is -2.27. The number of carbonyl (C=O) groups excluding carboxylic acids is 1. The summed E-state index contributed by atoms with van der Waals surface area (Å²) in [6, 6.07) is 0. The lowest BCUT2D eigenvalue weighted by molar-refractivity contribution is -0.124. The van der Waals surface area contributed by atoms with Crippen LogP contribution in [0.25, 0.3) is 0 Å². The largest absolute Gasteiger partial charge is 0.368 e. The summed E-state index contributed by atoms with van der Waals surface area (Å²) in [6.07, 6.45) is 3.17. The maximum absolute atomic E-state index is 11.8. The Morgan fingerprint density at radius 3 is 3.25 bits per heavy atom. The Kier molecular flexibility index (Phi) is 3.21. The van der Waals surface area contributed by atoms with Gasteiger partial charge < -0.3 is 15.8 Å². The molecule has 16 heavy (non-hydrogen) atoms. The molecule has 3 N–H and O–H groups in total. The molecule has 0 spiro atoms. The molecule has 0 saturated carbocycles. The number of hydrogen-bond acceptors (Lipinski definition) is 4. The molecule has 1 aliphatic rings. The van der Waals surface area contributed by atoms with E-state index < -0.39 is 0 Å². The van der Waals surface area contributed by atoms with E-state index in [1.807, 2.05) is 0 Å². The molecule has 2 rings (SSSR count). The number of nitrogens with two attached hydrogens (primary N) is 1. The zero-order valence-electron chi connectivity index (χ0n) is 9.27. The van der Waals surface area contributed by atoms with Gasteiger partial charge in [-0.05, 0) is 12.8 Å². The van der Waals surface area contributed by atoms with Crippen LogP contribution in [0.15, 0.2) is 6.20 Å². The Hall–Kier alpha value is -1.40. The first-order valence-corrected chi connectivity index (χ1v) is 5.35. The summed E-state index contributed by atoms with van der Waals surface area (Å²) < 4.78 is 6.92. The summed E-state index contributed by atoms with van der Waals surface area (Å²) in [4.78, 5) is 11.8. The number of carbonyl (C=O) groups is 1. The van der Waals surface area contributed by atoms with Crippen LogP contribution in [0, 0.1) is 0 Å². The molecule has 1 aromatic heterocycles. The third-order valence-electron chi connectivity index (χ3n) is 2.59. The van der Waals surface area contributed by atoms with Crippen molar-refractivity contribution in [2.24, 2.45) is 12.8 Å². The molecule has 1 amide bonds. The third kappa shape index (κ3) is 2.23. The van der Waals surface area contributed by atoms with Crippen molar-refractivity contribution in [2.75, 3.05) is 11.9 Å². The predicted molar refractivity (Wildman–Crippen MR) is 58.7 cm³/mol. The SMILES string of the molecule is Cn1cc(CN)c(NC(=O)C2CCCO2)n1. The van der Waals surface area contributed by atoms with Gasteiger partial charge in [0.05, 0.1) is 0 Å². The summed E-state index contributed by atoms with van der Waals surface area (Å²) >= 11 is 0. The van der Waals surface area contributed by atoms with E-state index in [1.165, 1.54) is 0 Å². The number of nitrogens with zero attached hydrogens (tertiary/aromatic N) is 2. The van der Waals surface area contributed by atoms with Crippen LogP contribution in [0.4, 0.5) is 5.82 Å². The quantitative estimate of drug-likeness (QED) is 0.757. The zero-order chi connectivity index (χ0) is 11.5. The molecule has 6 nitrogen and oxygen atoms in total. The lowest BCUT2D eigenvalue weighted by atomic mass is 10.2. The molecule has 0 radical (unpaired) electrons. The van der Waals surface area contributed by atoms with E-state index in [0.717, 1.165) is 18.4 Å². The van der Waals surface area contributed by atoms with Crippen molar-refractivity contribution < 1.29 is 9.53 Å².